The van der Waals surface area contributed by atoms with Crippen LogP contribution in [0, 0.1) is 30.1 Å². The Morgan fingerprint density at radius 2 is 1.76 bits per heavy atom. The van der Waals surface area contributed by atoms with Crippen LogP contribution in [0.4, 0.5) is 0 Å². The standard InChI is InChI=1S/C24H29NO4/c1-14-19-5-3-4-6-20(19)29-22(14)23(27)28-13-21(26)25-15(2)24-10-16-7-17(11-24)9-18(8-16)12-24/h3-6,15-18H,7-13H2,1-2H3,(H,25,26)/t15-,16?,17?,18?,24?/m1/s1. The van der Waals surface area contributed by atoms with Crippen molar-refractivity contribution in [3.05, 3.63) is 35.6 Å². The van der Waals surface area contributed by atoms with E-state index in [-0.39, 0.29) is 29.7 Å². The minimum atomic E-state index is -0.587. The Hall–Kier alpha value is -2.30. The Kier molecular flexibility index (Phi) is 4.45. The fourth-order valence-corrected chi connectivity index (χ4v) is 6.71. The SMILES string of the molecule is Cc1c(C(=O)OCC(=O)N[C@H](C)C23CC4CC(CC(C4)C2)C3)oc2ccccc12. The van der Waals surface area contributed by atoms with E-state index >= 15 is 0 Å². The van der Waals surface area contributed by atoms with Crippen LogP contribution in [0.1, 0.15) is 61.6 Å². The highest BCUT2D eigenvalue weighted by Gasteiger charge is 2.53. The number of esters is 1. The van der Waals surface area contributed by atoms with Gasteiger partial charge in [-0.05, 0) is 81.6 Å². The fourth-order valence-electron chi connectivity index (χ4n) is 6.71. The molecule has 0 radical (unpaired) electrons. The van der Waals surface area contributed by atoms with Crippen molar-refractivity contribution in [1.29, 1.82) is 0 Å². The van der Waals surface area contributed by atoms with Gasteiger partial charge in [0.05, 0.1) is 0 Å². The summed E-state index contributed by atoms with van der Waals surface area (Å²) in [4.78, 5) is 25.0. The zero-order valence-electron chi connectivity index (χ0n) is 17.2. The highest BCUT2D eigenvalue weighted by molar-refractivity contribution is 5.96. The summed E-state index contributed by atoms with van der Waals surface area (Å²) in [5.74, 6) is 1.89. The number of aryl methyl sites for hydroxylation is 1. The number of fused-ring (bicyclic) bond motifs is 1. The lowest BCUT2D eigenvalue weighted by Gasteiger charge is -2.59. The number of para-hydroxylation sites is 1. The second-order valence-corrected chi connectivity index (χ2v) is 9.70. The maximum absolute atomic E-state index is 12.5. The second-order valence-electron chi connectivity index (χ2n) is 9.70. The Bertz CT molecular complexity index is 924. The lowest BCUT2D eigenvalue weighted by molar-refractivity contribution is -0.128. The summed E-state index contributed by atoms with van der Waals surface area (Å²) in [7, 11) is 0. The topological polar surface area (TPSA) is 68.5 Å². The molecule has 29 heavy (non-hydrogen) atoms. The van der Waals surface area contributed by atoms with Gasteiger partial charge in [-0.3, -0.25) is 4.79 Å². The van der Waals surface area contributed by atoms with Crippen molar-refractivity contribution in [2.45, 2.75) is 58.4 Å². The van der Waals surface area contributed by atoms with E-state index in [1.54, 1.807) is 0 Å². The van der Waals surface area contributed by atoms with Crippen molar-refractivity contribution in [3.8, 4) is 0 Å². The van der Waals surface area contributed by atoms with Crippen LogP contribution < -0.4 is 5.32 Å². The maximum Gasteiger partial charge on any atom is 0.375 e. The normalized spacial score (nSPS) is 31.0. The minimum Gasteiger partial charge on any atom is -0.450 e. The third-order valence-electron chi connectivity index (χ3n) is 7.75. The van der Waals surface area contributed by atoms with Crippen LogP contribution in [-0.4, -0.2) is 24.5 Å². The summed E-state index contributed by atoms with van der Waals surface area (Å²) >= 11 is 0. The molecule has 4 bridgehead atoms. The predicted octanol–water partition coefficient (Wildman–Crippen LogP) is 4.62. The number of benzene rings is 1. The maximum atomic E-state index is 12.5. The lowest BCUT2D eigenvalue weighted by atomic mass is 9.48. The molecule has 5 nitrogen and oxygen atoms in total. The van der Waals surface area contributed by atoms with E-state index < -0.39 is 5.97 Å². The molecule has 0 unspecified atom stereocenters. The average Bonchev–Trinajstić information content (AvgIpc) is 3.02. The first kappa shape index (κ1) is 18.7. The van der Waals surface area contributed by atoms with E-state index in [4.69, 9.17) is 9.15 Å². The Labute approximate surface area is 171 Å². The molecule has 1 aromatic carbocycles. The number of amides is 1. The Balaban J connectivity index is 1.20. The first-order valence-corrected chi connectivity index (χ1v) is 10.9. The van der Waals surface area contributed by atoms with Crippen molar-refractivity contribution in [1.82, 2.24) is 5.32 Å². The van der Waals surface area contributed by atoms with Gasteiger partial charge in [-0.1, -0.05) is 18.2 Å². The number of hydrogen-bond donors (Lipinski definition) is 1. The number of carbonyl (C=O) groups is 2. The molecule has 154 valence electrons. The first-order valence-electron chi connectivity index (χ1n) is 10.9. The molecule has 4 saturated carbocycles. The molecule has 5 heteroatoms. The van der Waals surface area contributed by atoms with Gasteiger partial charge in [0.1, 0.15) is 5.58 Å². The zero-order valence-corrected chi connectivity index (χ0v) is 17.2. The Morgan fingerprint density at radius 1 is 1.14 bits per heavy atom. The number of hydrogen-bond acceptors (Lipinski definition) is 4. The largest absolute Gasteiger partial charge is 0.450 e. The fraction of sp³-hybridized carbons (Fsp3) is 0.583. The molecule has 2 aromatic rings. The zero-order chi connectivity index (χ0) is 20.2. The third-order valence-corrected chi connectivity index (χ3v) is 7.75. The van der Waals surface area contributed by atoms with Gasteiger partial charge in [-0.15, -0.1) is 0 Å². The molecule has 0 aliphatic heterocycles. The molecule has 0 saturated heterocycles. The third kappa shape index (κ3) is 3.24. The number of furan rings is 1. The van der Waals surface area contributed by atoms with E-state index in [9.17, 15) is 9.59 Å². The van der Waals surface area contributed by atoms with Gasteiger partial charge in [0, 0.05) is 17.0 Å². The van der Waals surface area contributed by atoms with Gasteiger partial charge >= 0.3 is 5.97 Å². The Morgan fingerprint density at radius 3 is 2.38 bits per heavy atom. The molecular formula is C24H29NO4. The molecule has 1 amide bonds. The van der Waals surface area contributed by atoms with Crippen molar-refractivity contribution < 1.29 is 18.7 Å². The molecule has 4 aliphatic rings. The summed E-state index contributed by atoms with van der Waals surface area (Å²) in [6.45, 7) is 3.69. The predicted molar refractivity (Wildman–Crippen MR) is 109 cm³/mol. The molecule has 1 heterocycles. The van der Waals surface area contributed by atoms with Crippen molar-refractivity contribution in [3.63, 3.8) is 0 Å². The van der Waals surface area contributed by atoms with E-state index in [0.29, 0.717) is 5.58 Å². The van der Waals surface area contributed by atoms with Crippen LogP contribution >= 0.6 is 0 Å². The van der Waals surface area contributed by atoms with Crippen LogP contribution in [0.25, 0.3) is 11.0 Å². The summed E-state index contributed by atoms with van der Waals surface area (Å²) < 4.78 is 10.9. The highest BCUT2D eigenvalue weighted by atomic mass is 16.5. The summed E-state index contributed by atoms with van der Waals surface area (Å²) in [6.07, 6.45) is 7.85. The second kappa shape index (κ2) is 6.89. The summed E-state index contributed by atoms with van der Waals surface area (Å²) in [5, 5.41) is 4.03. The monoisotopic (exact) mass is 395 g/mol. The lowest BCUT2D eigenvalue weighted by Crippen LogP contribution is -2.56. The molecule has 4 fully saturated rings. The minimum absolute atomic E-state index is 0.120. The highest BCUT2D eigenvalue weighted by Crippen LogP contribution is 2.61. The van der Waals surface area contributed by atoms with E-state index in [1.807, 2.05) is 31.2 Å². The average molecular weight is 395 g/mol. The molecular weight excluding hydrogens is 366 g/mol. The first-order chi connectivity index (χ1) is 13.9. The number of nitrogens with one attached hydrogen (secondary N) is 1. The molecule has 1 N–H and O–H groups in total. The van der Waals surface area contributed by atoms with Gasteiger partial charge < -0.3 is 14.5 Å². The number of rotatable bonds is 5. The van der Waals surface area contributed by atoms with Crippen LogP contribution in [0.15, 0.2) is 28.7 Å². The molecule has 4 aliphatic carbocycles. The number of ether oxygens (including phenoxy) is 1. The summed E-state index contributed by atoms with van der Waals surface area (Å²) in [5.41, 5.74) is 1.63. The van der Waals surface area contributed by atoms with Gasteiger partial charge in [-0.2, -0.15) is 0 Å². The molecule has 0 spiro atoms. The van der Waals surface area contributed by atoms with Crippen LogP contribution in [-0.2, 0) is 9.53 Å². The van der Waals surface area contributed by atoms with Crippen molar-refractivity contribution in [2.75, 3.05) is 6.61 Å². The quantitative estimate of drug-likeness (QED) is 0.750. The van der Waals surface area contributed by atoms with Gasteiger partial charge in [-0.25, -0.2) is 4.79 Å². The van der Waals surface area contributed by atoms with Crippen LogP contribution in [0.5, 0.6) is 0 Å². The van der Waals surface area contributed by atoms with E-state index in [1.165, 1.54) is 38.5 Å². The van der Waals surface area contributed by atoms with Gasteiger partial charge in [0.15, 0.2) is 6.61 Å². The molecule has 1 aromatic heterocycles. The summed E-state index contributed by atoms with van der Waals surface area (Å²) in [6, 6.07) is 7.61. The smallest absolute Gasteiger partial charge is 0.375 e. The van der Waals surface area contributed by atoms with Gasteiger partial charge in [0.2, 0.25) is 5.76 Å². The van der Waals surface area contributed by atoms with Crippen LogP contribution in [0.3, 0.4) is 0 Å². The van der Waals surface area contributed by atoms with E-state index in [2.05, 4.69) is 12.2 Å². The van der Waals surface area contributed by atoms with Crippen molar-refractivity contribution in [2.24, 2.45) is 23.2 Å². The number of carbonyl (C=O) groups excluding carboxylic acids is 2. The van der Waals surface area contributed by atoms with Crippen LogP contribution in [0.2, 0.25) is 0 Å². The van der Waals surface area contributed by atoms with Gasteiger partial charge in [0.25, 0.3) is 5.91 Å². The molecule has 1 atom stereocenters. The van der Waals surface area contributed by atoms with Crippen molar-refractivity contribution >= 4 is 22.8 Å². The van der Waals surface area contributed by atoms with E-state index in [0.717, 1.165) is 28.7 Å². The molecule has 6 rings (SSSR count).